The van der Waals surface area contributed by atoms with Crippen molar-refractivity contribution in [1.82, 2.24) is 4.98 Å². The Labute approximate surface area is 110 Å². The molecule has 1 aromatic carbocycles. The average Bonchev–Trinajstić information content (AvgIpc) is 2.76. The fraction of sp³-hybridized carbons (Fsp3) is 0.231. The van der Waals surface area contributed by atoms with Crippen LogP contribution in [0.5, 0.6) is 0 Å². The number of aromatic nitrogens is 1. The minimum absolute atomic E-state index is 0.0669. The molecule has 0 aliphatic rings. The number of halogens is 1. The number of hydrogen-bond acceptors (Lipinski definition) is 4. The van der Waals surface area contributed by atoms with E-state index in [-0.39, 0.29) is 6.04 Å². The van der Waals surface area contributed by atoms with Gasteiger partial charge in [-0.25, -0.2) is 4.98 Å². The minimum Gasteiger partial charge on any atom is -0.444 e. The van der Waals surface area contributed by atoms with Crippen LogP contribution >= 0.6 is 11.6 Å². The molecule has 0 aliphatic heterocycles. The van der Waals surface area contributed by atoms with Crippen LogP contribution in [0.4, 0.5) is 5.69 Å². The Bertz CT molecular complexity index is 601. The summed E-state index contributed by atoms with van der Waals surface area (Å²) in [5.41, 5.74) is 1.28. The molecule has 4 nitrogen and oxygen atoms in total. The maximum atomic E-state index is 8.79. The van der Waals surface area contributed by atoms with Gasteiger partial charge in [0.25, 0.3) is 0 Å². The van der Waals surface area contributed by atoms with E-state index in [0.29, 0.717) is 16.5 Å². The van der Waals surface area contributed by atoms with Gasteiger partial charge in [-0.2, -0.15) is 5.26 Å². The van der Waals surface area contributed by atoms with Crippen LogP contribution in [0.25, 0.3) is 0 Å². The minimum atomic E-state index is -0.0669. The third-order valence-electron chi connectivity index (χ3n) is 2.48. The standard InChI is InChI=1S/C13H12ClN3O/c1-8-7-16-13(18-8)9(2)17-11-4-3-10(6-15)12(14)5-11/h3-5,7,9,17H,1-2H3. The fourth-order valence-electron chi connectivity index (χ4n) is 1.58. The van der Waals surface area contributed by atoms with E-state index in [0.717, 1.165) is 11.4 Å². The van der Waals surface area contributed by atoms with Gasteiger partial charge < -0.3 is 9.73 Å². The van der Waals surface area contributed by atoms with E-state index < -0.39 is 0 Å². The Morgan fingerprint density at radius 2 is 2.28 bits per heavy atom. The highest BCUT2D eigenvalue weighted by Crippen LogP contribution is 2.24. The Morgan fingerprint density at radius 1 is 1.50 bits per heavy atom. The Hall–Kier alpha value is -1.99. The zero-order valence-electron chi connectivity index (χ0n) is 10.1. The molecule has 2 rings (SSSR count). The SMILES string of the molecule is Cc1cnc(C(C)Nc2ccc(C#N)c(Cl)c2)o1. The fourth-order valence-corrected chi connectivity index (χ4v) is 1.80. The molecule has 0 saturated carbocycles. The number of rotatable bonds is 3. The van der Waals surface area contributed by atoms with Crippen LogP contribution in [0, 0.1) is 18.3 Å². The molecule has 0 aliphatic carbocycles. The summed E-state index contributed by atoms with van der Waals surface area (Å²) in [7, 11) is 0. The summed E-state index contributed by atoms with van der Waals surface area (Å²) in [4.78, 5) is 4.15. The topological polar surface area (TPSA) is 61.9 Å². The first kappa shape index (κ1) is 12.5. The van der Waals surface area contributed by atoms with Gasteiger partial charge in [0, 0.05) is 5.69 Å². The predicted molar refractivity (Wildman–Crippen MR) is 69.4 cm³/mol. The second-order valence-corrected chi connectivity index (χ2v) is 4.39. The summed E-state index contributed by atoms with van der Waals surface area (Å²) in [6.45, 7) is 3.79. The number of anilines is 1. The molecule has 1 unspecified atom stereocenters. The van der Waals surface area contributed by atoms with Gasteiger partial charge in [0.05, 0.1) is 16.8 Å². The van der Waals surface area contributed by atoms with Crippen LogP contribution in [0.15, 0.2) is 28.8 Å². The molecule has 5 heteroatoms. The van der Waals surface area contributed by atoms with E-state index >= 15 is 0 Å². The number of nitrogens with one attached hydrogen (secondary N) is 1. The molecule has 0 amide bonds. The summed E-state index contributed by atoms with van der Waals surface area (Å²) in [5.74, 6) is 1.39. The molecule has 18 heavy (non-hydrogen) atoms. The van der Waals surface area contributed by atoms with E-state index in [1.807, 2.05) is 19.9 Å². The van der Waals surface area contributed by atoms with Crippen molar-refractivity contribution < 1.29 is 4.42 Å². The van der Waals surface area contributed by atoms with Crippen LogP contribution in [-0.2, 0) is 0 Å². The molecule has 1 N–H and O–H groups in total. The Kier molecular flexibility index (Phi) is 3.54. The molecule has 0 fully saturated rings. The van der Waals surface area contributed by atoms with Gasteiger partial charge in [-0.3, -0.25) is 0 Å². The third-order valence-corrected chi connectivity index (χ3v) is 2.79. The van der Waals surface area contributed by atoms with Gasteiger partial charge in [0.15, 0.2) is 0 Å². The van der Waals surface area contributed by atoms with Crippen molar-refractivity contribution >= 4 is 17.3 Å². The highest BCUT2D eigenvalue weighted by atomic mass is 35.5. The van der Waals surface area contributed by atoms with E-state index in [9.17, 15) is 0 Å². The highest BCUT2D eigenvalue weighted by molar-refractivity contribution is 6.32. The van der Waals surface area contributed by atoms with Crippen LogP contribution < -0.4 is 5.32 Å². The summed E-state index contributed by atoms with van der Waals surface area (Å²) < 4.78 is 5.43. The van der Waals surface area contributed by atoms with Gasteiger partial charge in [0.1, 0.15) is 17.9 Å². The monoisotopic (exact) mass is 261 g/mol. The zero-order valence-corrected chi connectivity index (χ0v) is 10.8. The molecular formula is C13H12ClN3O. The van der Waals surface area contributed by atoms with Crippen molar-refractivity contribution in [2.75, 3.05) is 5.32 Å². The number of aryl methyl sites for hydroxylation is 1. The summed E-state index contributed by atoms with van der Waals surface area (Å²) in [6, 6.07) is 7.15. The maximum absolute atomic E-state index is 8.79. The lowest BCUT2D eigenvalue weighted by molar-refractivity contribution is 0.454. The maximum Gasteiger partial charge on any atom is 0.216 e. The smallest absolute Gasteiger partial charge is 0.216 e. The van der Waals surface area contributed by atoms with Gasteiger partial charge in [-0.1, -0.05) is 11.6 Å². The lowest BCUT2D eigenvalue weighted by Crippen LogP contribution is -2.06. The number of nitrogens with zero attached hydrogens (tertiary/aromatic N) is 2. The molecule has 0 saturated heterocycles. The molecule has 1 atom stereocenters. The first-order valence-corrected chi connectivity index (χ1v) is 5.86. The normalized spacial score (nSPS) is 11.9. The van der Waals surface area contributed by atoms with E-state index in [2.05, 4.69) is 10.3 Å². The molecule has 1 heterocycles. The quantitative estimate of drug-likeness (QED) is 0.915. The van der Waals surface area contributed by atoms with Crippen LogP contribution in [0.3, 0.4) is 0 Å². The van der Waals surface area contributed by atoms with Gasteiger partial charge in [-0.15, -0.1) is 0 Å². The van der Waals surface area contributed by atoms with Gasteiger partial charge >= 0.3 is 0 Å². The van der Waals surface area contributed by atoms with Crippen LogP contribution in [-0.4, -0.2) is 4.98 Å². The lowest BCUT2D eigenvalue weighted by Gasteiger charge is -2.12. The average molecular weight is 262 g/mol. The molecule has 0 bridgehead atoms. The van der Waals surface area contributed by atoms with E-state index in [1.165, 1.54) is 0 Å². The van der Waals surface area contributed by atoms with E-state index in [1.54, 1.807) is 24.4 Å². The second-order valence-electron chi connectivity index (χ2n) is 3.98. The van der Waals surface area contributed by atoms with Crippen LogP contribution in [0.1, 0.15) is 30.2 Å². The van der Waals surface area contributed by atoms with Crippen molar-refractivity contribution in [2.45, 2.75) is 19.9 Å². The van der Waals surface area contributed by atoms with E-state index in [4.69, 9.17) is 21.3 Å². The van der Waals surface area contributed by atoms with Crippen molar-refractivity contribution in [3.63, 3.8) is 0 Å². The molecular weight excluding hydrogens is 250 g/mol. The van der Waals surface area contributed by atoms with Crippen molar-refractivity contribution in [3.8, 4) is 6.07 Å². The number of nitriles is 1. The first-order valence-electron chi connectivity index (χ1n) is 5.48. The number of hydrogen-bond donors (Lipinski definition) is 1. The molecule has 1 aromatic heterocycles. The van der Waals surface area contributed by atoms with Gasteiger partial charge in [0.2, 0.25) is 5.89 Å². The predicted octanol–water partition coefficient (Wildman–Crippen LogP) is 3.68. The number of benzene rings is 1. The molecule has 92 valence electrons. The first-order chi connectivity index (χ1) is 8.60. The third kappa shape index (κ3) is 2.63. The van der Waals surface area contributed by atoms with Crippen LogP contribution in [0.2, 0.25) is 5.02 Å². The summed E-state index contributed by atoms with van der Waals surface area (Å²) in [5, 5.41) is 12.4. The number of oxazole rings is 1. The molecule has 0 spiro atoms. The van der Waals surface area contributed by atoms with Gasteiger partial charge in [-0.05, 0) is 32.0 Å². The van der Waals surface area contributed by atoms with Crippen molar-refractivity contribution in [3.05, 3.63) is 46.6 Å². The van der Waals surface area contributed by atoms with Crippen molar-refractivity contribution in [1.29, 1.82) is 5.26 Å². The lowest BCUT2D eigenvalue weighted by atomic mass is 10.2. The second kappa shape index (κ2) is 5.11. The zero-order chi connectivity index (χ0) is 13.1. The largest absolute Gasteiger partial charge is 0.444 e. The Balaban J connectivity index is 2.15. The molecule has 0 radical (unpaired) electrons. The summed E-state index contributed by atoms with van der Waals surface area (Å²) >= 11 is 5.96. The van der Waals surface area contributed by atoms with Crippen molar-refractivity contribution in [2.24, 2.45) is 0 Å². The highest BCUT2D eigenvalue weighted by Gasteiger charge is 2.11. The molecule has 2 aromatic rings. The Morgan fingerprint density at radius 3 is 2.83 bits per heavy atom. The summed E-state index contributed by atoms with van der Waals surface area (Å²) in [6.07, 6.45) is 1.68.